The third-order valence-corrected chi connectivity index (χ3v) is 4.40. The van der Waals surface area contributed by atoms with Crippen molar-refractivity contribution in [3.63, 3.8) is 0 Å². The van der Waals surface area contributed by atoms with Gasteiger partial charge >= 0.3 is 29.6 Å². The molecular weight excluding hydrogens is 313 g/mol. The molecule has 0 saturated heterocycles. The minimum Gasteiger partial charge on any atom is -0.545 e. The fourth-order valence-corrected chi connectivity index (χ4v) is 3.40. The molecular formula is C19H14NNaO3. The van der Waals surface area contributed by atoms with Crippen LogP contribution in [-0.4, -0.2) is 15.6 Å². The van der Waals surface area contributed by atoms with Crippen LogP contribution in [0.4, 0.5) is 0 Å². The number of aromatic hydroxyl groups is 1. The van der Waals surface area contributed by atoms with E-state index in [1.807, 2.05) is 24.3 Å². The van der Waals surface area contributed by atoms with Crippen LogP contribution in [-0.2, 0) is 6.54 Å². The molecule has 4 aromatic rings. The zero-order valence-electron chi connectivity index (χ0n) is 13.5. The third-order valence-electron chi connectivity index (χ3n) is 4.40. The summed E-state index contributed by atoms with van der Waals surface area (Å²) in [4.78, 5) is 11.1. The van der Waals surface area contributed by atoms with Gasteiger partial charge in [-0.15, -0.1) is 0 Å². The molecule has 0 fully saturated rings. The topological polar surface area (TPSA) is 65.3 Å². The van der Waals surface area contributed by atoms with Gasteiger partial charge in [-0.05, 0) is 30.5 Å². The van der Waals surface area contributed by atoms with E-state index in [2.05, 4.69) is 23.6 Å². The Labute approximate surface area is 160 Å². The number of fused-ring (bicyclic) bond motifs is 5. The molecule has 0 saturated carbocycles. The Morgan fingerprint density at radius 1 is 1.08 bits per heavy atom. The molecule has 4 nitrogen and oxygen atoms in total. The van der Waals surface area contributed by atoms with E-state index in [-0.39, 0.29) is 40.9 Å². The van der Waals surface area contributed by atoms with E-state index in [1.165, 1.54) is 12.1 Å². The van der Waals surface area contributed by atoms with Crippen LogP contribution in [0.1, 0.15) is 17.3 Å². The van der Waals surface area contributed by atoms with E-state index in [0.717, 1.165) is 39.1 Å². The number of phenols is 1. The normalized spacial score (nSPS) is 11.0. The molecule has 0 aliphatic heterocycles. The molecule has 1 heterocycles. The molecule has 1 aromatic heterocycles. The third kappa shape index (κ3) is 2.30. The molecule has 0 aliphatic rings. The summed E-state index contributed by atoms with van der Waals surface area (Å²) in [6.07, 6.45) is 0. The Balaban J connectivity index is 0.00000169. The maximum Gasteiger partial charge on any atom is 1.00 e. The summed E-state index contributed by atoms with van der Waals surface area (Å²) in [5.74, 6) is -1.64. The second kappa shape index (κ2) is 6.13. The molecule has 3 aromatic carbocycles. The predicted octanol–water partition coefficient (Wildman–Crippen LogP) is 0.0407. The molecule has 0 amide bonds. The van der Waals surface area contributed by atoms with Gasteiger partial charge in [-0.3, -0.25) is 0 Å². The Morgan fingerprint density at radius 2 is 1.83 bits per heavy atom. The van der Waals surface area contributed by atoms with E-state index in [0.29, 0.717) is 0 Å². The van der Waals surface area contributed by atoms with Crippen LogP contribution in [0.25, 0.3) is 32.6 Å². The van der Waals surface area contributed by atoms with Gasteiger partial charge in [-0.25, -0.2) is 0 Å². The summed E-state index contributed by atoms with van der Waals surface area (Å²) >= 11 is 0. The predicted molar refractivity (Wildman–Crippen MR) is 88.6 cm³/mol. The van der Waals surface area contributed by atoms with E-state index < -0.39 is 5.97 Å². The fourth-order valence-electron chi connectivity index (χ4n) is 3.40. The van der Waals surface area contributed by atoms with Crippen molar-refractivity contribution < 1.29 is 44.6 Å². The fraction of sp³-hybridized carbons (Fsp3) is 0.105. The smallest absolute Gasteiger partial charge is 0.545 e. The second-order valence-corrected chi connectivity index (χ2v) is 5.60. The Morgan fingerprint density at radius 3 is 2.54 bits per heavy atom. The van der Waals surface area contributed by atoms with Crippen LogP contribution < -0.4 is 34.7 Å². The number of aryl methyl sites for hydroxylation is 1. The quantitative estimate of drug-likeness (QED) is 0.529. The summed E-state index contributed by atoms with van der Waals surface area (Å²) in [7, 11) is 0. The second-order valence-electron chi connectivity index (χ2n) is 5.60. The van der Waals surface area contributed by atoms with Gasteiger partial charge in [0.15, 0.2) is 0 Å². The number of para-hydroxylation sites is 1. The van der Waals surface area contributed by atoms with Crippen LogP contribution in [0.3, 0.4) is 0 Å². The minimum atomic E-state index is -1.37. The van der Waals surface area contributed by atoms with Crippen molar-refractivity contribution in [1.82, 2.24) is 4.57 Å². The number of benzene rings is 3. The van der Waals surface area contributed by atoms with Gasteiger partial charge in [-0.2, -0.15) is 0 Å². The van der Waals surface area contributed by atoms with Gasteiger partial charge in [0, 0.05) is 33.8 Å². The summed E-state index contributed by atoms with van der Waals surface area (Å²) in [5.41, 5.74) is 1.95. The maximum absolute atomic E-state index is 11.1. The molecule has 0 aliphatic carbocycles. The summed E-state index contributed by atoms with van der Waals surface area (Å²) in [5, 5.41) is 25.0. The Bertz CT molecular complexity index is 1100. The van der Waals surface area contributed by atoms with Crippen molar-refractivity contribution in [2.24, 2.45) is 0 Å². The summed E-state index contributed by atoms with van der Waals surface area (Å²) in [6, 6.07) is 15.0. The number of carbonyl (C=O) groups is 1. The van der Waals surface area contributed by atoms with Crippen molar-refractivity contribution >= 4 is 38.5 Å². The van der Waals surface area contributed by atoms with Gasteiger partial charge in [0.05, 0.1) is 11.5 Å². The Hall–Kier alpha value is -2.01. The van der Waals surface area contributed by atoms with Crippen molar-refractivity contribution in [2.75, 3.05) is 0 Å². The largest absolute Gasteiger partial charge is 1.00 e. The van der Waals surface area contributed by atoms with Crippen LogP contribution in [0, 0.1) is 0 Å². The van der Waals surface area contributed by atoms with Crippen LogP contribution >= 0.6 is 0 Å². The van der Waals surface area contributed by atoms with Gasteiger partial charge in [0.25, 0.3) is 0 Å². The van der Waals surface area contributed by atoms with Crippen LogP contribution in [0.5, 0.6) is 5.75 Å². The zero-order valence-corrected chi connectivity index (χ0v) is 15.5. The molecule has 0 spiro atoms. The molecule has 24 heavy (non-hydrogen) atoms. The van der Waals surface area contributed by atoms with E-state index in [1.54, 1.807) is 0 Å². The number of aromatic carboxylic acids is 1. The van der Waals surface area contributed by atoms with Crippen molar-refractivity contribution in [1.29, 1.82) is 0 Å². The number of carboxylic acids is 1. The van der Waals surface area contributed by atoms with Crippen molar-refractivity contribution in [3.8, 4) is 5.75 Å². The molecule has 0 radical (unpaired) electrons. The van der Waals surface area contributed by atoms with Crippen molar-refractivity contribution in [2.45, 2.75) is 13.5 Å². The number of aromatic nitrogens is 1. The molecule has 5 heteroatoms. The van der Waals surface area contributed by atoms with Gasteiger partial charge < -0.3 is 19.6 Å². The molecule has 0 bridgehead atoms. The van der Waals surface area contributed by atoms with Crippen molar-refractivity contribution in [3.05, 3.63) is 54.1 Å². The standard InChI is InChI=1S/C19H15NO3.Na/c1-2-20-16-6-4-3-5-12(16)13-8-7-11-9-15(19(22)23)17(21)10-14(11)18(13)20;/h3-10,21H,2H2,1H3,(H,22,23);/q;+1/p-1. The summed E-state index contributed by atoms with van der Waals surface area (Å²) in [6.45, 7) is 2.85. The average molecular weight is 327 g/mol. The first kappa shape index (κ1) is 16.8. The number of carboxylic acid groups (broad SMARTS) is 1. The molecule has 0 atom stereocenters. The first-order chi connectivity index (χ1) is 11.1. The number of hydrogen-bond donors (Lipinski definition) is 1. The average Bonchev–Trinajstić information content (AvgIpc) is 2.88. The number of nitrogens with zero attached hydrogens (tertiary/aromatic N) is 1. The monoisotopic (exact) mass is 327 g/mol. The van der Waals surface area contributed by atoms with Crippen LogP contribution in [0.2, 0.25) is 0 Å². The first-order valence-electron chi connectivity index (χ1n) is 7.50. The maximum atomic E-state index is 11.1. The SMILES string of the molecule is CCn1c2ccccc2c2ccc3cc(C(=O)[O-])c(O)cc3c21.[Na+]. The number of rotatable bonds is 2. The molecule has 4 rings (SSSR count). The zero-order chi connectivity index (χ0) is 16.1. The van der Waals surface area contributed by atoms with Gasteiger partial charge in [0.2, 0.25) is 0 Å². The molecule has 0 unspecified atom stereocenters. The Kier molecular flexibility index (Phi) is 4.30. The number of hydrogen-bond acceptors (Lipinski definition) is 3. The molecule has 1 N–H and O–H groups in total. The van der Waals surface area contributed by atoms with Gasteiger partial charge in [-0.1, -0.05) is 30.3 Å². The molecule has 114 valence electrons. The van der Waals surface area contributed by atoms with Crippen LogP contribution in [0.15, 0.2) is 48.5 Å². The first-order valence-corrected chi connectivity index (χ1v) is 7.50. The van der Waals surface area contributed by atoms with E-state index in [9.17, 15) is 15.0 Å². The van der Waals surface area contributed by atoms with Gasteiger partial charge in [0.1, 0.15) is 5.75 Å². The summed E-state index contributed by atoms with van der Waals surface area (Å²) < 4.78 is 2.19. The number of carbonyl (C=O) groups excluding carboxylic acids is 1. The van der Waals surface area contributed by atoms with E-state index in [4.69, 9.17) is 0 Å². The minimum absolute atomic E-state index is 0. The van der Waals surface area contributed by atoms with E-state index >= 15 is 0 Å².